The Bertz CT molecular complexity index is 2370. The predicted molar refractivity (Wildman–Crippen MR) is 187 cm³/mol. The Morgan fingerprint density at radius 2 is 0.854 bits per heavy atom. The van der Waals surface area contributed by atoms with Crippen LogP contribution in [0.25, 0.3) is 33.7 Å². The first-order valence-electron chi connectivity index (χ1n) is 14.2. The first-order valence-corrected chi connectivity index (χ1v) is 17.1. The van der Waals surface area contributed by atoms with Gasteiger partial charge in [0.15, 0.2) is 0 Å². The van der Waals surface area contributed by atoms with Crippen molar-refractivity contribution in [1.29, 1.82) is 0 Å². The molecule has 0 unspecified atom stereocenters. The molecule has 48 heavy (non-hydrogen) atoms. The van der Waals surface area contributed by atoms with Crippen molar-refractivity contribution in [3.05, 3.63) is 120 Å². The molecule has 0 radical (unpaired) electrons. The van der Waals surface area contributed by atoms with E-state index in [0.717, 1.165) is 33.7 Å². The molecule has 0 aromatic heterocycles. The zero-order valence-electron chi connectivity index (χ0n) is 24.8. The van der Waals surface area contributed by atoms with E-state index in [1.165, 1.54) is 36.4 Å². The first kappa shape index (κ1) is 32.2. The lowest BCUT2D eigenvalue weighted by Crippen LogP contribution is -2.01. The van der Waals surface area contributed by atoms with E-state index < -0.39 is 30.0 Å². The van der Waals surface area contributed by atoms with Crippen LogP contribution >= 0.6 is 0 Å². The van der Waals surface area contributed by atoms with E-state index in [-0.39, 0.29) is 22.5 Å². The lowest BCUT2D eigenvalue weighted by atomic mass is 10.1. The molecule has 0 saturated heterocycles. The zero-order chi connectivity index (χ0) is 34.1. The van der Waals surface area contributed by atoms with Gasteiger partial charge in [0.2, 0.25) is 0 Å². The molecule has 0 fully saturated rings. The van der Waals surface area contributed by atoms with Crippen molar-refractivity contribution in [3.8, 4) is 0 Å². The third-order valence-electron chi connectivity index (χ3n) is 7.41. The van der Waals surface area contributed by atoms with Crippen molar-refractivity contribution in [2.75, 3.05) is 11.5 Å². The molecule has 6 aromatic rings. The number of nitrogen functional groups attached to an aromatic ring is 2. The second-order valence-corrected chi connectivity index (χ2v) is 13.3. The number of benzene rings is 6. The van der Waals surface area contributed by atoms with Crippen LogP contribution in [0.4, 0.5) is 34.1 Å². The van der Waals surface area contributed by atoms with Crippen LogP contribution in [0.5, 0.6) is 0 Å². The van der Waals surface area contributed by atoms with E-state index in [2.05, 4.69) is 20.5 Å². The summed E-state index contributed by atoms with van der Waals surface area (Å²) in [6, 6.07) is 29.4. The van der Waals surface area contributed by atoms with E-state index in [4.69, 9.17) is 11.5 Å². The van der Waals surface area contributed by atoms with Crippen molar-refractivity contribution in [3.63, 3.8) is 0 Å². The molecule has 14 heteroatoms. The van der Waals surface area contributed by atoms with E-state index >= 15 is 0 Å². The molecule has 0 spiro atoms. The lowest BCUT2D eigenvalue weighted by molar-refractivity contribution is 0.480. The van der Waals surface area contributed by atoms with Gasteiger partial charge in [-0.15, -0.1) is 10.2 Å². The fourth-order valence-corrected chi connectivity index (χ4v) is 6.49. The molecular weight excluding hydrogens is 653 g/mol. The van der Waals surface area contributed by atoms with Gasteiger partial charge in [0, 0.05) is 32.9 Å². The number of azo groups is 2. The van der Waals surface area contributed by atoms with Gasteiger partial charge in [-0.05, 0) is 59.7 Å². The molecule has 0 aliphatic carbocycles. The minimum Gasteiger partial charge on any atom is -0.398 e. The summed E-state index contributed by atoms with van der Waals surface area (Å²) >= 11 is 0. The third kappa shape index (κ3) is 6.82. The number of anilines is 2. The molecule has 240 valence electrons. The van der Waals surface area contributed by atoms with Crippen LogP contribution in [-0.2, 0) is 20.2 Å². The Hall–Kier alpha value is -5.80. The highest BCUT2D eigenvalue weighted by Crippen LogP contribution is 2.34. The molecule has 0 aliphatic heterocycles. The molecule has 0 atom stereocenters. The summed E-state index contributed by atoms with van der Waals surface area (Å²) in [7, 11) is -9.51. The van der Waals surface area contributed by atoms with Crippen molar-refractivity contribution >= 4 is 88.1 Å². The summed E-state index contributed by atoms with van der Waals surface area (Å²) in [5, 5.41) is 19.9. The van der Waals surface area contributed by atoms with Gasteiger partial charge in [-0.1, -0.05) is 72.8 Å². The van der Waals surface area contributed by atoms with Crippen LogP contribution in [0.3, 0.4) is 0 Å². The Morgan fingerprint density at radius 3 is 1.23 bits per heavy atom. The lowest BCUT2D eigenvalue weighted by Gasteiger charge is -2.07. The fourth-order valence-electron chi connectivity index (χ4n) is 5.08. The highest BCUT2D eigenvalue weighted by Gasteiger charge is 2.18. The standard InChI is InChI=1S/C34H26N6O6S2/c35-29-15-17-31(27-7-3-1-5-25(27)29)39-37-23-13-11-21(33(19-23)47(41,42)43)9-10-22-12-14-24(20-34(22)48(44,45)46)38-40-32-18-16-30(36)26-6-2-4-8-28(26)32/h1-20H,35-36H2,(H,41,42,43)(H,44,45,46)/b10-9-,39-37-,40-38-. The second-order valence-electron chi connectivity index (χ2n) is 10.6. The SMILES string of the molecule is Nc1ccc(/N=N\c2ccc(/C=C\c3ccc(/N=N\c4ccc(N)c5ccccc45)cc3S(=O)(=O)O)c(S(=O)(=O)O)c2)c2ccccc12. The minimum atomic E-state index is -4.75. The summed E-state index contributed by atoms with van der Waals surface area (Å²) < 4.78 is 69.3. The number of rotatable bonds is 8. The Labute approximate surface area is 275 Å². The molecule has 0 amide bonds. The average molecular weight is 679 g/mol. The molecule has 6 aromatic carbocycles. The molecule has 0 aliphatic rings. The van der Waals surface area contributed by atoms with Gasteiger partial charge < -0.3 is 11.5 Å². The summed E-state index contributed by atoms with van der Waals surface area (Å²) in [5.74, 6) is 0. The quantitative estimate of drug-likeness (QED) is 0.0528. The number of fused-ring (bicyclic) bond motifs is 2. The fraction of sp³-hybridized carbons (Fsp3) is 0. The van der Waals surface area contributed by atoms with E-state index in [9.17, 15) is 25.9 Å². The molecule has 6 N–H and O–H groups in total. The smallest absolute Gasteiger partial charge is 0.295 e. The van der Waals surface area contributed by atoms with Gasteiger partial charge in [-0.3, -0.25) is 9.11 Å². The van der Waals surface area contributed by atoms with Crippen LogP contribution in [0.15, 0.2) is 139 Å². The maximum Gasteiger partial charge on any atom is 0.295 e. The highest BCUT2D eigenvalue weighted by molar-refractivity contribution is 7.86. The average Bonchev–Trinajstić information content (AvgIpc) is 3.06. The second kappa shape index (κ2) is 12.8. The van der Waals surface area contributed by atoms with Crippen LogP contribution in [0, 0.1) is 0 Å². The summed E-state index contributed by atoms with van der Waals surface area (Å²) in [6.45, 7) is 0. The Kier molecular flexibility index (Phi) is 8.56. The number of hydrogen-bond acceptors (Lipinski definition) is 10. The van der Waals surface area contributed by atoms with E-state index in [1.807, 2.05) is 48.5 Å². The van der Waals surface area contributed by atoms with Gasteiger partial charge in [0.1, 0.15) is 9.79 Å². The summed E-state index contributed by atoms with van der Waals surface area (Å²) in [4.78, 5) is -0.987. The molecule has 0 saturated carbocycles. The van der Waals surface area contributed by atoms with Crippen molar-refractivity contribution < 1.29 is 25.9 Å². The highest BCUT2D eigenvalue weighted by atomic mass is 32.2. The Balaban J connectivity index is 1.32. The van der Waals surface area contributed by atoms with Gasteiger partial charge in [0.25, 0.3) is 20.2 Å². The maximum absolute atomic E-state index is 12.3. The minimum absolute atomic E-state index is 0.0228. The Morgan fingerprint density at radius 1 is 0.479 bits per heavy atom. The van der Waals surface area contributed by atoms with Gasteiger partial charge in [0.05, 0.1) is 22.7 Å². The predicted octanol–water partition coefficient (Wildman–Crippen LogP) is 8.65. The topological polar surface area (TPSA) is 210 Å². The van der Waals surface area contributed by atoms with E-state index in [0.29, 0.717) is 22.7 Å². The molecule has 0 heterocycles. The normalized spacial score (nSPS) is 12.6. The summed E-state index contributed by atoms with van der Waals surface area (Å²) in [6.07, 6.45) is 2.56. The largest absolute Gasteiger partial charge is 0.398 e. The van der Waals surface area contributed by atoms with Crippen molar-refractivity contribution in [2.45, 2.75) is 9.79 Å². The number of nitrogens with two attached hydrogens (primary N) is 2. The molecule has 6 rings (SSSR count). The van der Waals surface area contributed by atoms with Crippen LogP contribution in [0.1, 0.15) is 11.1 Å². The van der Waals surface area contributed by atoms with Crippen LogP contribution < -0.4 is 11.5 Å². The first-order chi connectivity index (χ1) is 22.9. The van der Waals surface area contributed by atoms with Crippen LogP contribution in [0.2, 0.25) is 0 Å². The maximum atomic E-state index is 12.3. The molecule has 0 bridgehead atoms. The van der Waals surface area contributed by atoms with E-state index in [1.54, 1.807) is 24.3 Å². The van der Waals surface area contributed by atoms with Crippen molar-refractivity contribution in [1.82, 2.24) is 0 Å². The third-order valence-corrected chi connectivity index (χ3v) is 9.23. The van der Waals surface area contributed by atoms with Gasteiger partial charge in [-0.25, -0.2) is 0 Å². The summed E-state index contributed by atoms with van der Waals surface area (Å²) in [5.41, 5.74) is 14.5. The zero-order valence-corrected chi connectivity index (χ0v) is 26.5. The van der Waals surface area contributed by atoms with Crippen LogP contribution in [-0.4, -0.2) is 25.9 Å². The molecule has 12 nitrogen and oxygen atoms in total. The van der Waals surface area contributed by atoms with Gasteiger partial charge >= 0.3 is 0 Å². The van der Waals surface area contributed by atoms with Crippen molar-refractivity contribution in [2.24, 2.45) is 20.5 Å². The monoisotopic (exact) mass is 678 g/mol. The number of nitrogens with zero attached hydrogens (tertiary/aromatic N) is 4. The van der Waals surface area contributed by atoms with Gasteiger partial charge in [-0.2, -0.15) is 27.1 Å². The molecular formula is C34H26N6O6S2. The number of hydrogen-bond donors (Lipinski definition) is 4.